The van der Waals surface area contributed by atoms with E-state index in [-0.39, 0.29) is 35.8 Å². The first-order chi connectivity index (χ1) is 15.9. The molecular weight excluding hydrogens is 436 g/mol. The normalized spacial score (nSPS) is 17.9. The second-order valence-corrected chi connectivity index (χ2v) is 10.5. The molecule has 186 valence electrons. The lowest BCUT2D eigenvalue weighted by Gasteiger charge is -2.37. The van der Waals surface area contributed by atoms with E-state index in [0.717, 1.165) is 11.1 Å². The Kier molecular flexibility index (Phi) is 7.65. The fraction of sp³-hybridized carbons (Fsp3) is 0.600. The van der Waals surface area contributed by atoms with Gasteiger partial charge in [0.2, 0.25) is 17.7 Å². The summed E-state index contributed by atoms with van der Waals surface area (Å²) in [4.78, 5) is 27.8. The molecule has 0 radical (unpaired) electrons. The van der Waals surface area contributed by atoms with Crippen molar-refractivity contribution >= 4 is 12.0 Å². The number of nitrogens with one attached hydrogen (secondary N) is 1. The standard InChI is InChI=1S/C25H36N4O5/c1-14(2)19(20(30)22-27-28-23(34-22)25(5,6)7)26-21(31)18-12-16-10-8-9-11-17(16)13-29(18)24(32)33-15(3)4/h8-11,14-15,18-20,30H,12-13H2,1-7H3,(H,26,31)/t18-,19-,20?/m0/s1. The third kappa shape index (κ3) is 5.75. The van der Waals surface area contributed by atoms with Gasteiger partial charge in [-0.1, -0.05) is 58.9 Å². The molecule has 3 rings (SSSR count). The van der Waals surface area contributed by atoms with Crippen LogP contribution in [-0.2, 0) is 27.9 Å². The molecule has 1 aliphatic rings. The molecule has 0 saturated carbocycles. The molecule has 1 aromatic heterocycles. The van der Waals surface area contributed by atoms with Crippen LogP contribution in [0.1, 0.15) is 77.5 Å². The van der Waals surface area contributed by atoms with E-state index in [1.165, 1.54) is 4.90 Å². The smallest absolute Gasteiger partial charge is 0.411 e. The molecule has 1 unspecified atom stereocenters. The fourth-order valence-corrected chi connectivity index (χ4v) is 3.90. The molecule has 0 bridgehead atoms. The number of aromatic nitrogens is 2. The molecule has 9 nitrogen and oxygen atoms in total. The van der Waals surface area contributed by atoms with E-state index in [9.17, 15) is 14.7 Å². The molecule has 2 amide bonds. The van der Waals surface area contributed by atoms with Crippen LogP contribution in [0.2, 0.25) is 0 Å². The lowest BCUT2D eigenvalue weighted by atomic mass is 9.92. The predicted octanol–water partition coefficient (Wildman–Crippen LogP) is 3.51. The zero-order valence-electron chi connectivity index (χ0n) is 21.0. The monoisotopic (exact) mass is 472 g/mol. The van der Waals surface area contributed by atoms with Gasteiger partial charge in [-0.25, -0.2) is 4.79 Å². The molecule has 0 aliphatic carbocycles. The third-order valence-corrected chi connectivity index (χ3v) is 5.82. The molecule has 0 spiro atoms. The second kappa shape index (κ2) is 10.1. The van der Waals surface area contributed by atoms with Crippen molar-refractivity contribution in [3.8, 4) is 0 Å². The maximum absolute atomic E-state index is 13.5. The van der Waals surface area contributed by atoms with Crippen LogP contribution in [0.5, 0.6) is 0 Å². The number of nitrogens with zero attached hydrogens (tertiary/aromatic N) is 3. The number of hydrogen-bond donors (Lipinski definition) is 2. The van der Waals surface area contributed by atoms with Gasteiger partial charge >= 0.3 is 6.09 Å². The van der Waals surface area contributed by atoms with Gasteiger partial charge in [0.15, 0.2) is 6.10 Å². The van der Waals surface area contributed by atoms with Crippen molar-refractivity contribution in [2.75, 3.05) is 0 Å². The van der Waals surface area contributed by atoms with Crippen molar-refractivity contribution in [2.45, 2.75) is 91.1 Å². The Morgan fingerprint density at radius 2 is 1.79 bits per heavy atom. The zero-order valence-corrected chi connectivity index (χ0v) is 21.0. The van der Waals surface area contributed by atoms with Crippen molar-refractivity contribution in [2.24, 2.45) is 5.92 Å². The molecule has 3 atom stereocenters. The Morgan fingerprint density at radius 3 is 2.35 bits per heavy atom. The van der Waals surface area contributed by atoms with Gasteiger partial charge in [0, 0.05) is 11.8 Å². The minimum Gasteiger partial charge on any atom is -0.447 e. The summed E-state index contributed by atoms with van der Waals surface area (Å²) in [5.41, 5.74) is 1.62. The van der Waals surface area contributed by atoms with E-state index in [0.29, 0.717) is 12.3 Å². The fourth-order valence-electron chi connectivity index (χ4n) is 3.90. The summed E-state index contributed by atoms with van der Waals surface area (Å²) in [6.45, 7) is 13.4. The van der Waals surface area contributed by atoms with Crippen LogP contribution < -0.4 is 5.32 Å². The third-order valence-electron chi connectivity index (χ3n) is 5.82. The van der Waals surface area contributed by atoms with Crippen LogP contribution in [0.25, 0.3) is 0 Å². The highest BCUT2D eigenvalue weighted by Crippen LogP contribution is 2.28. The van der Waals surface area contributed by atoms with Gasteiger partial charge in [-0.15, -0.1) is 10.2 Å². The largest absolute Gasteiger partial charge is 0.447 e. The topological polar surface area (TPSA) is 118 Å². The molecule has 0 fully saturated rings. The number of hydrogen-bond acceptors (Lipinski definition) is 7. The molecule has 9 heteroatoms. The molecule has 34 heavy (non-hydrogen) atoms. The van der Waals surface area contributed by atoms with E-state index >= 15 is 0 Å². The van der Waals surface area contributed by atoms with Gasteiger partial charge in [0.05, 0.1) is 18.7 Å². The molecule has 2 N–H and O–H groups in total. The summed E-state index contributed by atoms with van der Waals surface area (Å²) in [6, 6.07) is 6.26. The van der Waals surface area contributed by atoms with Crippen molar-refractivity contribution in [3.05, 3.63) is 47.2 Å². The van der Waals surface area contributed by atoms with Gasteiger partial charge in [-0.05, 0) is 30.9 Å². The summed E-state index contributed by atoms with van der Waals surface area (Å²) in [5, 5.41) is 22.0. The van der Waals surface area contributed by atoms with E-state index in [4.69, 9.17) is 9.15 Å². The van der Waals surface area contributed by atoms with Crippen LogP contribution in [0, 0.1) is 5.92 Å². The van der Waals surface area contributed by atoms with Gasteiger partial charge in [-0.2, -0.15) is 0 Å². The second-order valence-electron chi connectivity index (χ2n) is 10.5. The number of aliphatic hydroxyl groups excluding tert-OH is 1. The Balaban J connectivity index is 1.84. The lowest BCUT2D eigenvalue weighted by molar-refractivity contribution is -0.129. The summed E-state index contributed by atoms with van der Waals surface area (Å²) in [5.74, 6) is -0.0599. The van der Waals surface area contributed by atoms with E-state index in [1.54, 1.807) is 13.8 Å². The zero-order chi connectivity index (χ0) is 25.2. The number of benzene rings is 1. The number of carbonyl (C=O) groups excluding carboxylic acids is 2. The first kappa shape index (κ1) is 25.7. The molecule has 1 aliphatic heterocycles. The maximum atomic E-state index is 13.5. The summed E-state index contributed by atoms with van der Waals surface area (Å²) < 4.78 is 11.1. The average molecular weight is 473 g/mol. The molecule has 2 heterocycles. The van der Waals surface area contributed by atoms with Crippen LogP contribution in [0.15, 0.2) is 28.7 Å². The van der Waals surface area contributed by atoms with Crippen LogP contribution in [0.4, 0.5) is 4.79 Å². The minimum atomic E-state index is -1.19. The predicted molar refractivity (Wildman–Crippen MR) is 126 cm³/mol. The minimum absolute atomic E-state index is 0.0500. The van der Waals surface area contributed by atoms with Gasteiger partial charge < -0.3 is 19.6 Å². The van der Waals surface area contributed by atoms with Crippen molar-refractivity contribution < 1.29 is 23.8 Å². The summed E-state index contributed by atoms with van der Waals surface area (Å²) in [7, 11) is 0. The van der Waals surface area contributed by atoms with E-state index < -0.39 is 24.3 Å². The number of aliphatic hydroxyl groups is 1. The van der Waals surface area contributed by atoms with Gasteiger partial charge in [0.25, 0.3) is 0 Å². The highest BCUT2D eigenvalue weighted by atomic mass is 16.6. The number of carbonyl (C=O) groups is 2. The Bertz CT molecular complexity index is 1010. The number of amides is 2. The Morgan fingerprint density at radius 1 is 1.15 bits per heavy atom. The highest BCUT2D eigenvalue weighted by Gasteiger charge is 2.39. The lowest BCUT2D eigenvalue weighted by Crippen LogP contribution is -2.56. The van der Waals surface area contributed by atoms with Crippen molar-refractivity contribution in [1.29, 1.82) is 0 Å². The van der Waals surface area contributed by atoms with Gasteiger partial charge in [0.1, 0.15) is 6.04 Å². The van der Waals surface area contributed by atoms with Gasteiger partial charge in [-0.3, -0.25) is 9.69 Å². The van der Waals surface area contributed by atoms with Crippen LogP contribution >= 0.6 is 0 Å². The van der Waals surface area contributed by atoms with Crippen molar-refractivity contribution in [1.82, 2.24) is 20.4 Å². The Labute approximate surface area is 200 Å². The summed E-state index contributed by atoms with van der Waals surface area (Å²) >= 11 is 0. The number of ether oxygens (including phenoxy) is 1. The quantitative estimate of drug-likeness (QED) is 0.660. The number of fused-ring (bicyclic) bond motifs is 1. The van der Waals surface area contributed by atoms with Crippen LogP contribution in [0.3, 0.4) is 0 Å². The molecule has 2 aromatic rings. The number of rotatable bonds is 6. The first-order valence-electron chi connectivity index (χ1n) is 11.7. The SMILES string of the molecule is CC(C)OC(=O)N1Cc2ccccc2C[C@H]1C(=O)N[C@@H](C(C)C)C(O)c1nnc(C(C)(C)C)o1. The maximum Gasteiger partial charge on any atom is 0.411 e. The highest BCUT2D eigenvalue weighted by molar-refractivity contribution is 5.87. The Hall–Kier alpha value is -2.94. The molecule has 0 saturated heterocycles. The first-order valence-corrected chi connectivity index (χ1v) is 11.7. The molecular formula is C25H36N4O5. The molecule has 1 aromatic carbocycles. The van der Waals surface area contributed by atoms with Crippen molar-refractivity contribution in [3.63, 3.8) is 0 Å². The van der Waals surface area contributed by atoms with Crippen LogP contribution in [-0.4, -0.2) is 50.4 Å². The summed E-state index contributed by atoms with van der Waals surface area (Å²) in [6.07, 6.45) is -1.70. The van der Waals surface area contributed by atoms with E-state index in [2.05, 4.69) is 15.5 Å². The average Bonchev–Trinajstić information content (AvgIpc) is 3.26. The van der Waals surface area contributed by atoms with E-state index in [1.807, 2.05) is 58.9 Å².